The number of nitrogens with zero attached hydrogens (tertiary/aromatic N) is 1. The second-order valence-corrected chi connectivity index (χ2v) is 6.39. The number of halogens is 1. The van der Waals surface area contributed by atoms with E-state index in [1.54, 1.807) is 6.92 Å². The third-order valence-corrected chi connectivity index (χ3v) is 4.43. The molecule has 4 nitrogen and oxygen atoms in total. The lowest BCUT2D eigenvalue weighted by molar-refractivity contribution is 0.0731. The predicted molar refractivity (Wildman–Crippen MR) is 90.9 cm³/mol. The molecule has 0 N–H and O–H groups in total. The van der Waals surface area contributed by atoms with Crippen molar-refractivity contribution in [3.63, 3.8) is 0 Å². The van der Waals surface area contributed by atoms with Crippen LogP contribution in [-0.2, 0) is 14.2 Å². The Labute approximate surface area is 142 Å². The van der Waals surface area contributed by atoms with Crippen molar-refractivity contribution in [3.05, 3.63) is 47.1 Å². The van der Waals surface area contributed by atoms with Crippen molar-refractivity contribution in [2.24, 2.45) is 10.9 Å². The highest BCUT2D eigenvalue weighted by Crippen LogP contribution is 2.32. The number of ether oxygens (including phenoxy) is 3. The van der Waals surface area contributed by atoms with Crippen molar-refractivity contribution in [1.82, 2.24) is 0 Å². The second-order valence-electron chi connectivity index (χ2n) is 6.39. The molecule has 2 heterocycles. The lowest BCUT2D eigenvalue weighted by Gasteiger charge is -2.19. The molecule has 0 spiro atoms. The first-order chi connectivity index (χ1) is 11.6. The summed E-state index contributed by atoms with van der Waals surface area (Å²) in [7, 11) is 0. The molecule has 0 aromatic heterocycles. The Morgan fingerprint density at radius 3 is 2.96 bits per heavy atom. The summed E-state index contributed by atoms with van der Waals surface area (Å²) in [4.78, 5) is 4.64. The van der Waals surface area contributed by atoms with E-state index in [2.05, 4.69) is 18.8 Å². The van der Waals surface area contributed by atoms with Crippen LogP contribution in [0.15, 0.2) is 52.1 Å². The Kier molecular flexibility index (Phi) is 5.07. The molecule has 1 aliphatic carbocycles. The van der Waals surface area contributed by atoms with Gasteiger partial charge >= 0.3 is 0 Å². The second kappa shape index (κ2) is 7.24. The lowest BCUT2D eigenvalue weighted by Crippen LogP contribution is -2.21. The van der Waals surface area contributed by atoms with Crippen LogP contribution in [0.2, 0.25) is 0 Å². The predicted octanol–water partition coefficient (Wildman–Crippen LogP) is 4.56. The Morgan fingerprint density at radius 1 is 1.38 bits per heavy atom. The molecule has 3 unspecified atom stereocenters. The monoisotopic (exact) mass is 333 g/mol. The molecule has 0 aromatic rings. The molecule has 2 aliphatic heterocycles. The molecule has 130 valence electrons. The van der Waals surface area contributed by atoms with Crippen molar-refractivity contribution in [1.29, 1.82) is 0 Å². The zero-order chi connectivity index (χ0) is 17.1. The molecule has 0 saturated carbocycles. The van der Waals surface area contributed by atoms with Crippen LogP contribution in [0.5, 0.6) is 0 Å². The largest absolute Gasteiger partial charge is 0.467 e. The van der Waals surface area contributed by atoms with Crippen LogP contribution in [0.25, 0.3) is 0 Å². The summed E-state index contributed by atoms with van der Waals surface area (Å²) < 4.78 is 30.3. The van der Waals surface area contributed by atoms with Gasteiger partial charge in [-0.15, -0.1) is 0 Å². The van der Waals surface area contributed by atoms with Crippen LogP contribution in [0.1, 0.15) is 40.0 Å². The average molecular weight is 333 g/mol. The Morgan fingerprint density at radius 2 is 2.21 bits per heavy atom. The molecule has 0 bridgehead atoms. The number of aliphatic imine (C=N–C) groups is 1. The molecule has 0 saturated heterocycles. The molecule has 3 aliphatic rings. The fourth-order valence-electron chi connectivity index (χ4n) is 2.80. The van der Waals surface area contributed by atoms with E-state index in [4.69, 9.17) is 14.2 Å². The SMILES string of the molecule is CCC(C)C1OC(C2=CC3=C(CC=C2)OCO3)=NC1=CCC(C)F. The highest BCUT2D eigenvalue weighted by molar-refractivity contribution is 5.99. The third kappa shape index (κ3) is 3.55. The van der Waals surface area contributed by atoms with Gasteiger partial charge in [-0.05, 0) is 31.8 Å². The zero-order valence-electron chi connectivity index (χ0n) is 14.4. The van der Waals surface area contributed by atoms with Gasteiger partial charge in [0.25, 0.3) is 0 Å². The third-order valence-electron chi connectivity index (χ3n) is 4.43. The topological polar surface area (TPSA) is 40.0 Å². The van der Waals surface area contributed by atoms with Crippen LogP contribution in [0, 0.1) is 5.92 Å². The summed E-state index contributed by atoms with van der Waals surface area (Å²) in [6.45, 7) is 6.05. The quantitative estimate of drug-likeness (QED) is 0.740. The molecule has 0 aromatic carbocycles. The van der Waals surface area contributed by atoms with Crippen molar-refractivity contribution in [2.45, 2.75) is 52.3 Å². The maximum atomic E-state index is 13.2. The maximum absolute atomic E-state index is 13.2. The zero-order valence-corrected chi connectivity index (χ0v) is 14.4. The van der Waals surface area contributed by atoms with Gasteiger partial charge in [0.1, 0.15) is 18.0 Å². The van der Waals surface area contributed by atoms with Crippen LogP contribution < -0.4 is 0 Å². The number of rotatable bonds is 5. The van der Waals surface area contributed by atoms with Gasteiger partial charge in [0, 0.05) is 12.0 Å². The van der Waals surface area contributed by atoms with Crippen LogP contribution in [-0.4, -0.2) is 25.0 Å². The van der Waals surface area contributed by atoms with E-state index >= 15 is 0 Å². The van der Waals surface area contributed by atoms with Crippen LogP contribution >= 0.6 is 0 Å². The van der Waals surface area contributed by atoms with Crippen molar-refractivity contribution in [3.8, 4) is 0 Å². The molecule has 24 heavy (non-hydrogen) atoms. The Hall–Kier alpha value is -2.04. The highest BCUT2D eigenvalue weighted by atomic mass is 19.1. The van der Waals surface area contributed by atoms with Gasteiger partial charge in [-0.25, -0.2) is 9.38 Å². The van der Waals surface area contributed by atoms with E-state index in [0.29, 0.717) is 24.7 Å². The summed E-state index contributed by atoms with van der Waals surface area (Å²) in [5, 5.41) is 0. The summed E-state index contributed by atoms with van der Waals surface area (Å²) >= 11 is 0. The van der Waals surface area contributed by atoms with E-state index in [1.807, 2.05) is 24.3 Å². The molecule has 5 heteroatoms. The van der Waals surface area contributed by atoms with E-state index in [1.165, 1.54) is 0 Å². The number of hydrogen-bond donors (Lipinski definition) is 0. The van der Waals surface area contributed by atoms with E-state index in [9.17, 15) is 4.39 Å². The van der Waals surface area contributed by atoms with Gasteiger partial charge in [0.05, 0.1) is 5.70 Å². The molecule has 0 fully saturated rings. The first kappa shape index (κ1) is 16.8. The molecular formula is C19H24FNO3. The van der Waals surface area contributed by atoms with Crippen molar-refractivity contribution in [2.75, 3.05) is 6.79 Å². The van der Waals surface area contributed by atoms with Gasteiger partial charge < -0.3 is 14.2 Å². The lowest BCUT2D eigenvalue weighted by atomic mass is 9.99. The molecule has 0 amide bonds. The first-order valence-corrected chi connectivity index (χ1v) is 8.55. The highest BCUT2D eigenvalue weighted by Gasteiger charge is 2.31. The van der Waals surface area contributed by atoms with Crippen LogP contribution in [0.4, 0.5) is 4.39 Å². The summed E-state index contributed by atoms with van der Waals surface area (Å²) in [5.41, 5.74) is 1.68. The smallest absolute Gasteiger partial charge is 0.230 e. The van der Waals surface area contributed by atoms with Gasteiger partial charge in [-0.3, -0.25) is 0 Å². The summed E-state index contributed by atoms with van der Waals surface area (Å²) in [5.74, 6) is 2.44. The van der Waals surface area contributed by atoms with Gasteiger partial charge in [0.2, 0.25) is 12.7 Å². The minimum absolute atomic E-state index is 0.129. The number of allylic oxidation sites excluding steroid dienone is 3. The minimum atomic E-state index is -0.886. The molecule has 0 radical (unpaired) electrons. The minimum Gasteiger partial charge on any atom is -0.467 e. The van der Waals surface area contributed by atoms with Gasteiger partial charge in [-0.1, -0.05) is 32.1 Å². The summed E-state index contributed by atoms with van der Waals surface area (Å²) in [6.07, 6.45) is 8.74. The van der Waals surface area contributed by atoms with E-state index in [0.717, 1.165) is 29.2 Å². The number of hydrogen-bond acceptors (Lipinski definition) is 4. The molecule has 3 rings (SSSR count). The Balaban J connectivity index is 1.87. The fraction of sp³-hybridized carbons (Fsp3) is 0.526. The Bertz CT molecular complexity index is 643. The maximum Gasteiger partial charge on any atom is 0.230 e. The van der Waals surface area contributed by atoms with Crippen molar-refractivity contribution >= 4 is 5.90 Å². The van der Waals surface area contributed by atoms with Crippen LogP contribution in [0.3, 0.4) is 0 Å². The van der Waals surface area contributed by atoms with E-state index < -0.39 is 6.17 Å². The van der Waals surface area contributed by atoms with Crippen molar-refractivity contribution < 1.29 is 18.6 Å². The van der Waals surface area contributed by atoms with Gasteiger partial charge in [-0.2, -0.15) is 0 Å². The molecule has 3 atom stereocenters. The summed E-state index contributed by atoms with van der Waals surface area (Å²) in [6, 6.07) is 0. The molecular weight excluding hydrogens is 309 g/mol. The standard InChI is InChI=1S/C19H24FNO3/c1-4-12(2)18-15(9-8-13(3)20)21-19(24-18)14-6-5-7-16-17(10-14)23-11-22-16/h5-6,9-10,12-13,18H,4,7-8,11H2,1-3H3. The first-order valence-electron chi connectivity index (χ1n) is 8.55. The van der Waals surface area contributed by atoms with Gasteiger partial charge in [0.15, 0.2) is 5.76 Å². The fourth-order valence-corrected chi connectivity index (χ4v) is 2.80. The van der Waals surface area contributed by atoms with E-state index in [-0.39, 0.29) is 12.9 Å². The average Bonchev–Trinajstić information content (AvgIpc) is 3.14. The number of alkyl halides is 1. The normalized spacial score (nSPS) is 26.8.